The minimum Gasteiger partial charge on any atom is -0.356 e. The molecule has 0 spiro atoms. The molecule has 0 amide bonds. The first kappa shape index (κ1) is 29.4. The fraction of sp³-hybridized carbons (Fsp3) is 0. The van der Waals surface area contributed by atoms with Crippen molar-refractivity contribution in [3.8, 4) is 0 Å². The molecule has 0 rings (SSSR count). The van der Waals surface area contributed by atoms with Gasteiger partial charge >= 0.3 is 60.4 Å². The Kier molecular flexibility index (Phi) is 32.1. The van der Waals surface area contributed by atoms with E-state index >= 15 is 0 Å². The maximum absolute atomic E-state index is 8.74. The molecule has 15 heteroatoms. The van der Waals surface area contributed by atoms with Gasteiger partial charge in [0.15, 0.2) is 0 Å². The fourth-order valence-corrected chi connectivity index (χ4v) is 0. The molecule has 0 aromatic heterocycles. The van der Waals surface area contributed by atoms with Gasteiger partial charge < -0.3 is 30.6 Å². The Morgan fingerprint density at radius 2 is 0.867 bits per heavy atom. The third-order valence-corrected chi connectivity index (χ3v) is 0. The standard InChI is InChI=1S/Ag.Hg.2NO3.H2O4S/c;;2*2-1(3)4;1-5(2,3)4/h;;;;(H2,1,2,3,4)/q2*+1;2*-1;. The van der Waals surface area contributed by atoms with Crippen LogP contribution in [0, 0.1) is 30.6 Å². The van der Waals surface area contributed by atoms with Gasteiger partial charge in [0.05, 0.1) is 10.2 Å². The molecule has 1 radical (unpaired) electrons. The van der Waals surface area contributed by atoms with Crippen LogP contribution in [0.25, 0.3) is 0 Å². The van der Waals surface area contributed by atoms with Crippen LogP contribution in [0.15, 0.2) is 0 Å². The van der Waals surface area contributed by atoms with Gasteiger partial charge in [0.1, 0.15) is 0 Å². The van der Waals surface area contributed by atoms with Gasteiger partial charge in [0.2, 0.25) is 0 Å². The van der Waals surface area contributed by atoms with Crippen LogP contribution in [-0.4, -0.2) is 27.7 Å². The molecule has 0 aliphatic carbocycles. The van der Waals surface area contributed by atoms with Crippen molar-refractivity contribution in [3.05, 3.63) is 30.6 Å². The van der Waals surface area contributed by atoms with Crippen LogP contribution in [0.3, 0.4) is 0 Å². The van der Waals surface area contributed by atoms with Crippen molar-refractivity contribution < 1.29 is 77.7 Å². The van der Waals surface area contributed by atoms with E-state index in [2.05, 4.69) is 0 Å². The Morgan fingerprint density at radius 3 is 0.867 bits per heavy atom. The maximum atomic E-state index is 8.74. The molecule has 0 saturated carbocycles. The van der Waals surface area contributed by atoms with E-state index in [1.54, 1.807) is 0 Å². The number of hydrogen-bond acceptors (Lipinski definition) is 8. The Labute approximate surface area is 118 Å². The molecule has 0 atom stereocenters. The third-order valence-electron chi connectivity index (χ3n) is 0. The molecule has 2 N–H and O–H groups in total. The van der Waals surface area contributed by atoms with Crippen LogP contribution in [-0.2, 0) is 60.4 Å². The van der Waals surface area contributed by atoms with Crippen LogP contribution in [0.4, 0.5) is 0 Å². The van der Waals surface area contributed by atoms with Gasteiger partial charge in [-0.3, -0.25) is 9.11 Å². The van der Waals surface area contributed by atoms with Gasteiger partial charge in [-0.25, -0.2) is 0 Å². The summed E-state index contributed by atoms with van der Waals surface area (Å²) in [6.07, 6.45) is 0. The summed E-state index contributed by atoms with van der Waals surface area (Å²) in [4.78, 5) is 16.5. The van der Waals surface area contributed by atoms with Crippen LogP contribution < -0.4 is 0 Å². The zero-order valence-corrected chi connectivity index (χ0v) is 14.3. The monoisotopic (exact) mass is 531 g/mol. The minimum absolute atomic E-state index is 0. The first-order valence-electron chi connectivity index (χ1n) is 1.79. The number of rotatable bonds is 0. The normalized spacial score (nSPS) is 7.07. The number of nitrogens with zero attached hydrogens (tertiary/aromatic N) is 2. The molecular weight excluding hydrogens is 529 g/mol. The second-order valence-corrected chi connectivity index (χ2v) is 1.79. The molecule has 0 aliphatic heterocycles. The molecule has 0 fully saturated rings. The summed E-state index contributed by atoms with van der Waals surface area (Å²) in [6.45, 7) is 0. The molecule has 0 unspecified atom stereocenters. The predicted octanol–water partition coefficient (Wildman–Crippen LogP) is -1.14. The van der Waals surface area contributed by atoms with Crippen molar-refractivity contribution in [3.63, 3.8) is 0 Å². The summed E-state index contributed by atoms with van der Waals surface area (Å²) in [5.41, 5.74) is 0. The predicted molar refractivity (Wildman–Crippen MR) is 34.9 cm³/mol. The van der Waals surface area contributed by atoms with Crippen LogP contribution >= 0.6 is 0 Å². The Balaban J connectivity index is -0.0000000315. The fourth-order valence-electron chi connectivity index (χ4n) is 0. The summed E-state index contributed by atoms with van der Waals surface area (Å²) >= 11 is 0. The Hall–Kier alpha value is -0.0547. The van der Waals surface area contributed by atoms with E-state index in [0.29, 0.717) is 0 Å². The molecule has 0 bridgehead atoms. The van der Waals surface area contributed by atoms with Gasteiger partial charge in [-0.1, -0.05) is 0 Å². The SMILES string of the molecule is O=S(=O)(O)O.O=[N+]([O-])[O-].O=[N+]([O-])[O-].[Ag+].[Hg+]. The van der Waals surface area contributed by atoms with Crippen LogP contribution in [0.1, 0.15) is 0 Å². The van der Waals surface area contributed by atoms with Crippen molar-refractivity contribution in [1.29, 1.82) is 0 Å². The zero-order chi connectivity index (χ0) is 11.7. The summed E-state index contributed by atoms with van der Waals surface area (Å²) in [6, 6.07) is 0. The van der Waals surface area contributed by atoms with Gasteiger partial charge in [-0.05, 0) is 0 Å². The average Bonchev–Trinajstić information content (AvgIpc) is 1.50. The molecule has 91 valence electrons. The molecule has 0 aromatic carbocycles. The van der Waals surface area contributed by atoms with Gasteiger partial charge in [0, 0.05) is 0 Å². The summed E-state index contributed by atoms with van der Waals surface area (Å²) < 4.78 is 31.6. The molecule has 15 heavy (non-hydrogen) atoms. The van der Waals surface area contributed by atoms with E-state index in [1.807, 2.05) is 0 Å². The summed E-state index contributed by atoms with van der Waals surface area (Å²) in [5, 5.41) is 29.5. The van der Waals surface area contributed by atoms with Crippen LogP contribution in [0.2, 0.25) is 0 Å². The number of hydrogen-bond donors (Lipinski definition) is 2. The molecule has 0 heterocycles. The summed E-state index contributed by atoms with van der Waals surface area (Å²) in [7, 11) is -4.67. The molecular formula is H2AgHgN2O10S. The van der Waals surface area contributed by atoms with Crippen molar-refractivity contribution in [1.82, 2.24) is 0 Å². The second-order valence-electron chi connectivity index (χ2n) is 0.895. The van der Waals surface area contributed by atoms with Crippen molar-refractivity contribution >= 4 is 10.4 Å². The largest absolute Gasteiger partial charge is 1.00 e. The van der Waals surface area contributed by atoms with E-state index in [9.17, 15) is 0 Å². The minimum atomic E-state index is -4.67. The van der Waals surface area contributed by atoms with E-state index in [4.69, 9.17) is 48.2 Å². The first-order chi connectivity index (χ1) is 5.46. The average molecular weight is 531 g/mol. The molecule has 12 nitrogen and oxygen atoms in total. The van der Waals surface area contributed by atoms with Crippen molar-refractivity contribution in [2.75, 3.05) is 0 Å². The van der Waals surface area contributed by atoms with E-state index < -0.39 is 20.6 Å². The zero-order valence-electron chi connectivity index (χ0n) is 6.47. The van der Waals surface area contributed by atoms with E-state index in [-0.39, 0.29) is 50.0 Å². The quantitative estimate of drug-likeness (QED) is 0.167. The van der Waals surface area contributed by atoms with Crippen molar-refractivity contribution in [2.24, 2.45) is 0 Å². The molecule has 0 aromatic rings. The van der Waals surface area contributed by atoms with Gasteiger partial charge in [-0.2, -0.15) is 8.42 Å². The summed E-state index contributed by atoms with van der Waals surface area (Å²) in [5.74, 6) is 0. The molecule has 0 aliphatic rings. The second kappa shape index (κ2) is 16.4. The van der Waals surface area contributed by atoms with Crippen molar-refractivity contribution in [2.45, 2.75) is 0 Å². The molecule has 0 saturated heterocycles. The van der Waals surface area contributed by atoms with Gasteiger partial charge in [0.25, 0.3) is 0 Å². The van der Waals surface area contributed by atoms with Crippen LogP contribution in [0.5, 0.6) is 0 Å². The Bertz CT molecular complexity index is 218. The van der Waals surface area contributed by atoms with E-state index in [1.165, 1.54) is 0 Å². The van der Waals surface area contributed by atoms with Gasteiger partial charge in [-0.15, -0.1) is 0 Å². The van der Waals surface area contributed by atoms with E-state index in [0.717, 1.165) is 0 Å². The Morgan fingerprint density at radius 1 is 0.867 bits per heavy atom. The smallest absolute Gasteiger partial charge is 0.356 e. The first-order valence-corrected chi connectivity index (χ1v) is 3.19. The third kappa shape index (κ3) is 666000. The maximum Gasteiger partial charge on any atom is 1.00 e. The topological polar surface area (TPSA) is 207 Å².